The van der Waals surface area contributed by atoms with Gasteiger partial charge in [0.15, 0.2) is 0 Å². The monoisotopic (exact) mass is 304 g/mol. The van der Waals surface area contributed by atoms with Crippen LogP contribution in [0.5, 0.6) is 0 Å². The van der Waals surface area contributed by atoms with E-state index in [1.165, 1.54) is 6.16 Å². The van der Waals surface area contributed by atoms with Crippen LogP contribution in [0.1, 0.15) is 62.3 Å². The van der Waals surface area contributed by atoms with Gasteiger partial charge >= 0.3 is 7.25 Å². The lowest BCUT2D eigenvalue weighted by Gasteiger charge is -2.37. The van der Waals surface area contributed by atoms with Gasteiger partial charge in [-0.1, -0.05) is 20.8 Å². The van der Waals surface area contributed by atoms with Gasteiger partial charge in [0, 0.05) is 7.92 Å². The number of hydrogen-bond acceptors (Lipinski definition) is 0. The predicted molar refractivity (Wildman–Crippen MR) is 82.3 cm³/mol. The average Bonchev–Trinajstić information content (AvgIpc) is 1.90. The zero-order valence-corrected chi connectivity index (χ0v) is 14.8. The second-order valence-corrected chi connectivity index (χ2v) is 12.5. The maximum absolute atomic E-state index is 9.75. The summed E-state index contributed by atoms with van der Waals surface area (Å²) in [6, 6.07) is 0. The molecule has 0 rings (SSSR count). The topological polar surface area (TPSA) is 0 Å². The zero-order chi connectivity index (χ0) is 16.3. The maximum Gasteiger partial charge on any atom is 0.673 e. The third kappa shape index (κ3) is 16.2. The molecule has 0 saturated carbocycles. The molecular formula is C13H30BF4P. The van der Waals surface area contributed by atoms with Crippen molar-refractivity contribution < 1.29 is 17.3 Å². The minimum atomic E-state index is -6.00. The Morgan fingerprint density at radius 2 is 0.895 bits per heavy atom. The summed E-state index contributed by atoms with van der Waals surface area (Å²) in [6.45, 7) is 21.6. The predicted octanol–water partition coefficient (Wildman–Crippen LogP) is 6.14. The summed E-state index contributed by atoms with van der Waals surface area (Å²) in [5.74, 6) is 0. The molecule has 0 fully saturated rings. The zero-order valence-electron chi connectivity index (χ0n) is 13.8. The van der Waals surface area contributed by atoms with E-state index >= 15 is 0 Å². The van der Waals surface area contributed by atoms with E-state index in [-0.39, 0.29) is 7.92 Å². The van der Waals surface area contributed by atoms with Crippen molar-refractivity contribution in [1.82, 2.24) is 0 Å². The van der Waals surface area contributed by atoms with E-state index in [2.05, 4.69) is 62.3 Å². The third-order valence-corrected chi connectivity index (χ3v) is 7.55. The van der Waals surface area contributed by atoms with Crippen molar-refractivity contribution in [3.63, 3.8) is 0 Å². The molecule has 0 unspecified atom stereocenters. The second kappa shape index (κ2) is 6.78. The van der Waals surface area contributed by atoms with Crippen molar-refractivity contribution in [2.24, 2.45) is 5.41 Å². The lowest BCUT2D eigenvalue weighted by Crippen LogP contribution is -2.30. The highest BCUT2D eigenvalue weighted by molar-refractivity contribution is 7.60. The minimum Gasteiger partial charge on any atom is -0.418 e. The van der Waals surface area contributed by atoms with Gasteiger partial charge in [0.05, 0.1) is 16.5 Å². The summed E-state index contributed by atoms with van der Waals surface area (Å²) in [7, 11) is -6.33. The number of hydrogen-bond donors (Lipinski definition) is 0. The first-order valence-electron chi connectivity index (χ1n) is 6.58. The molecule has 6 heteroatoms. The van der Waals surface area contributed by atoms with Crippen LogP contribution in [0.3, 0.4) is 0 Å². The summed E-state index contributed by atoms with van der Waals surface area (Å²) in [5, 5.41) is 1.02. The Morgan fingerprint density at radius 3 is 0.947 bits per heavy atom. The standard InChI is InChI=1S/C13H29P.BF4/c1-11(2,3)10-14(12(4,5)6)13(7,8)9;2-1(3,4)5/h10H2,1-9H3;/q;-1/p+1. The van der Waals surface area contributed by atoms with Gasteiger partial charge in [-0.05, 0) is 47.0 Å². The molecule has 118 valence electrons. The summed E-state index contributed by atoms with van der Waals surface area (Å²) < 4.78 is 39.0. The van der Waals surface area contributed by atoms with Crippen LogP contribution < -0.4 is 0 Å². The van der Waals surface area contributed by atoms with Crippen molar-refractivity contribution in [3.8, 4) is 0 Å². The van der Waals surface area contributed by atoms with Crippen LogP contribution >= 0.6 is 7.92 Å². The van der Waals surface area contributed by atoms with E-state index in [0.717, 1.165) is 0 Å². The smallest absolute Gasteiger partial charge is 0.418 e. The second-order valence-electron chi connectivity index (χ2n) is 8.21. The molecule has 0 aromatic carbocycles. The first-order valence-corrected chi connectivity index (χ1v) is 8.29. The largest absolute Gasteiger partial charge is 0.673 e. The molecule has 0 saturated heterocycles. The van der Waals surface area contributed by atoms with Crippen molar-refractivity contribution in [3.05, 3.63) is 0 Å². The van der Waals surface area contributed by atoms with Crippen LogP contribution in [0.2, 0.25) is 0 Å². The fourth-order valence-corrected chi connectivity index (χ4v) is 6.56. The van der Waals surface area contributed by atoms with E-state index in [1.54, 1.807) is 0 Å². The lowest BCUT2D eigenvalue weighted by molar-refractivity contribution is 0.368. The SMILES string of the molecule is CC(C)(C)C[PH+](C(C)(C)C)C(C)(C)C.F[B-](F)(F)F. The van der Waals surface area contributed by atoms with E-state index < -0.39 is 7.25 Å². The Labute approximate surface area is 117 Å². The quantitative estimate of drug-likeness (QED) is 0.310. The summed E-state index contributed by atoms with van der Waals surface area (Å²) in [6.07, 6.45) is 1.41. The molecule has 0 aliphatic rings. The molecule has 0 heterocycles. The van der Waals surface area contributed by atoms with Gasteiger partial charge in [-0.25, -0.2) is 0 Å². The summed E-state index contributed by atoms with van der Waals surface area (Å²) >= 11 is 0. The van der Waals surface area contributed by atoms with E-state index in [0.29, 0.717) is 15.7 Å². The van der Waals surface area contributed by atoms with Crippen LogP contribution in [0.25, 0.3) is 0 Å². The Morgan fingerprint density at radius 1 is 0.684 bits per heavy atom. The van der Waals surface area contributed by atoms with Crippen molar-refractivity contribution >= 4 is 15.2 Å². The van der Waals surface area contributed by atoms with Gasteiger partial charge in [-0.3, -0.25) is 0 Å². The van der Waals surface area contributed by atoms with Crippen molar-refractivity contribution in [1.29, 1.82) is 0 Å². The molecule has 0 atom stereocenters. The molecule has 0 spiro atoms. The van der Waals surface area contributed by atoms with Gasteiger partial charge in [-0.2, -0.15) is 0 Å². The normalized spacial score (nSPS) is 14.2. The Kier molecular flexibility index (Phi) is 7.68. The van der Waals surface area contributed by atoms with Gasteiger partial charge in [0.1, 0.15) is 0 Å². The van der Waals surface area contributed by atoms with Crippen LogP contribution in [0.15, 0.2) is 0 Å². The highest BCUT2D eigenvalue weighted by atomic mass is 31.1. The van der Waals surface area contributed by atoms with E-state index in [1.807, 2.05) is 0 Å². The first kappa shape index (κ1) is 21.5. The molecule has 0 amide bonds. The molecule has 0 bridgehead atoms. The Hall–Kier alpha value is 0.215. The van der Waals surface area contributed by atoms with Crippen molar-refractivity contribution in [2.75, 3.05) is 6.16 Å². The Balaban J connectivity index is 0. The fourth-order valence-electron chi connectivity index (χ4n) is 2.19. The van der Waals surface area contributed by atoms with Gasteiger partial charge in [0.25, 0.3) is 0 Å². The highest BCUT2D eigenvalue weighted by Crippen LogP contribution is 2.61. The Bertz CT molecular complexity index is 236. The lowest BCUT2D eigenvalue weighted by atomic mass is 10.0. The molecular weight excluding hydrogens is 274 g/mol. The average molecular weight is 304 g/mol. The van der Waals surface area contributed by atoms with E-state index in [4.69, 9.17) is 0 Å². The maximum atomic E-state index is 9.75. The molecule has 0 aromatic heterocycles. The van der Waals surface area contributed by atoms with Crippen LogP contribution in [0, 0.1) is 5.41 Å². The number of rotatable bonds is 1. The summed E-state index contributed by atoms with van der Waals surface area (Å²) in [5.41, 5.74) is 0.481. The molecule has 0 aliphatic carbocycles. The fraction of sp³-hybridized carbons (Fsp3) is 1.00. The minimum absolute atomic E-state index is 0.333. The van der Waals surface area contributed by atoms with E-state index in [9.17, 15) is 17.3 Å². The highest BCUT2D eigenvalue weighted by Gasteiger charge is 2.43. The molecule has 0 nitrogen and oxygen atoms in total. The van der Waals surface area contributed by atoms with Gasteiger partial charge in [-0.15, -0.1) is 0 Å². The molecule has 0 aromatic rings. The van der Waals surface area contributed by atoms with Crippen molar-refractivity contribution in [2.45, 2.75) is 72.6 Å². The van der Waals surface area contributed by atoms with Crippen LogP contribution in [-0.2, 0) is 0 Å². The van der Waals surface area contributed by atoms with Crippen LogP contribution in [-0.4, -0.2) is 23.7 Å². The summed E-state index contributed by atoms with van der Waals surface area (Å²) in [4.78, 5) is 0. The first-order chi connectivity index (χ1) is 7.84. The van der Waals surface area contributed by atoms with Gasteiger partial charge < -0.3 is 17.3 Å². The molecule has 0 aliphatic heterocycles. The van der Waals surface area contributed by atoms with Gasteiger partial charge in [0.2, 0.25) is 0 Å². The third-order valence-electron chi connectivity index (χ3n) is 2.52. The molecule has 19 heavy (non-hydrogen) atoms. The molecule has 0 N–H and O–H groups in total. The molecule has 0 radical (unpaired) electrons. The number of halogens is 4. The van der Waals surface area contributed by atoms with Crippen LogP contribution in [0.4, 0.5) is 17.3 Å².